The number of benzene rings is 2. The molecule has 3 rings (SSSR count). The summed E-state index contributed by atoms with van der Waals surface area (Å²) < 4.78 is 0. The molecule has 0 amide bonds. The highest BCUT2D eigenvalue weighted by molar-refractivity contribution is 5.94. The van der Waals surface area contributed by atoms with E-state index < -0.39 is 25.2 Å². The van der Waals surface area contributed by atoms with Crippen LogP contribution in [0.2, 0.25) is 0 Å². The fourth-order valence-corrected chi connectivity index (χ4v) is 2.26. The summed E-state index contributed by atoms with van der Waals surface area (Å²) in [5.41, 5.74) is 2.81. The number of hydrogen-bond acceptors (Lipinski definition) is 4. The molecule has 2 aromatic carbocycles. The molecule has 0 unspecified atom stereocenters. The highest BCUT2D eigenvalue weighted by Gasteiger charge is 2.06. The Morgan fingerprint density at radius 2 is 1.57 bits per heavy atom. The van der Waals surface area contributed by atoms with E-state index in [-0.39, 0.29) is 0 Å². The highest BCUT2D eigenvalue weighted by Crippen LogP contribution is 2.27. The van der Waals surface area contributed by atoms with Crippen LogP contribution in [0.4, 0.5) is 0 Å². The van der Waals surface area contributed by atoms with Crippen molar-refractivity contribution in [3.63, 3.8) is 0 Å². The van der Waals surface area contributed by atoms with Gasteiger partial charge in [-0.05, 0) is 28.3 Å². The van der Waals surface area contributed by atoms with E-state index in [0.29, 0.717) is 0 Å². The maximum Gasteiger partial charge on any atom is 0.333 e. The molecular weight excluding hydrogens is 300 g/mol. The number of allylic oxidation sites excluding steroid dienone is 1. The molecule has 2 aromatic rings. The van der Waals surface area contributed by atoms with Crippen molar-refractivity contribution in [3.05, 3.63) is 53.6 Å². The maximum atomic E-state index is 9.69. The van der Waals surface area contributed by atoms with Crippen molar-refractivity contribution >= 4 is 28.8 Å². The average Bonchev–Trinajstić information content (AvgIpc) is 2.53. The summed E-state index contributed by atoms with van der Waals surface area (Å²) >= 11 is 0. The van der Waals surface area contributed by atoms with Crippen LogP contribution < -0.4 is 0 Å². The minimum Gasteiger partial charge on any atom is -0.479 e. The molecule has 0 atom stereocenters. The van der Waals surface area contributed by atoms with Crippen molar-refractivity contribution in [2.75, 3.05) is 13.2 Å². The summed E-state index contributed by atoms with van der Waals surface area (Å²) in [7, 11) is 0. The first kappa shape index (κ1) is 16.7. The van der Waals surface area contributed by atoms with Gasteiger partial charge < -0.3 is 10.2 Å². The largest absolute Gasteiger partial charge is 0.479 e. The van der Waals surface area contributed by atoms with Gasteiger partial charge in [-0.3, -0.25) is 0 Å². The van der Waals surface area contributed by atoms with Gasteiger partial charge in [-0.1, -0.05) is 48.6 Å². The van der Waals surface area contributed by atoms with Crippen LogP contribution in [0.3, 0.4) is 0 Å². The van der Waals surface area contributed by atoms with Gasteiger partial charge in [0.15, 0.2) is 13.2 Å². The second kappa shape index (κ2) is 8.07. The second-order valence-electron chi connectivity index (χ2n) is 4.78. The van der Waals surface area contributed by atoms with Crippen molar-refractivity contribution < 1.29 is 29.6 Å². The Kier molecular flexibility index (Phi) is 5.85. The van der Waals surface area contributed by atoms with E-state index in [1.807, 2.05) is 0 Å². The van der Waals surface area contributed by atoms with Crippen LogP contribution in [0.25, 0.3) is 16.8 Å². The van der Waals surface area contributed by atoms with Gasteiger partial charge in [-0.25, -0.2) is 19.4 Å². The lowest BCUT2D eigenvalue weighted by atomic mass is 9.93. The molecule has 1 aliphatic rings. The van der Waals surface area contributed by atoms with Crippen LogP contribution in [-0.2, 0) is 25.8 Å². The Morgan fingerprint density at radius 3 is 2.17 bits per heavy atom. The van der Waals surface area contributed by atoms with Crippen molar-refractivity contribution in [3.8, 4) is 0 Å². The Morgan fingerprint density at radius 1 is 0.957 bits per heavy atom. The Labute approximate surface area is 132 Å². The van der Waals surface area contributed by atoms with Gasteiger partial charge in [-0.2, -0.15) is 0 Å². The zero-order valence-corrected chi connectivity index (χ0v) is 12.3. The fraction of sp³-hybridized carbons (Fsp3) is 0.176. The highest BCUT2D eigenvalue weighted by atomic mass is 17.2. The van der Waals surface area contributed by atoms with Crippen LogP contribution in [0.15, 0.2) is 42.5 Å². The standard InChI is InChI=1S/C13H10.C4H6O6/c1-4-10-6-2-8-12-9-3-7-11(5-1)13(10)12;5-3(6)1-9-10-2-4(7)8/h1-8H,9H2;1-2H2,(H,5,6)(H,7,8). The molecule has 120 valence electrons. The van der Waals surface area contributed by atoms with Gasteiger partial charge in [0.05, 0.1) is 0 Å². The van der Waals surface area contributed by atoms with Crippen molar-refractivity contribution in [2.24, 2.45) is 0 Å². The molecule has 0 radical (unpaired) electrons. The van der Waals surface area contributed by atoms with Gasteiger partial charge in [0.25, 0.3) is 0 Å². The van der Waals surface area contributed by atoms with E-state index in [1.54, 1.807) is 0 Å². The molecule has 1 aliphatic carbocycles. The summed E-state index contributed by atoms with van der Waals surface area (Å²) in [5.74, 6) is -2.43. The Bertz CT molecular complexity index is 714. The minimum absolute atomic E-state index is 0.659. The number of carboxylic acid groups (broad SMARTS) is 2. The lowest BCUT2D eigenvalue weighted by molar-refractivity contribution is -0.289. The minimum atomic E-state index is -1.22. The number of carbonyl (C=O) groups is 2. The van der Waals surface area contributed by atoms with Crippen molar-refractivity contribution in [1.29, 1.82) is 0 Å². The molecular formula is C17H16O6. The van der Waals surface area contributed by atoms with Crippen LogP contribution in [0.1, 0.15) is 11.1 Å². The van der Waals surface area contributed by atoms with Gasteiger partial charge in [0.2, 0.25) is 0 Å². The molecule has 0 fully saturated rings. The Balaban J connectivity index is 0.000000175. The Hall–Kier alpha value is -2.70. The quantitative estimate of drug-likeness (QED) is 0.500. The molecule has 6 heteroatoms. The number of rotatable bonds is 5. The molecule has 0 aliphatic heterocycles. The molecule has 0 spiro atoms. The van der Waals surface area contributed by atoms with E-state index in [1.165, 1.54) is 21.9 Å². The predicted octanol–water partition coefficient (Wildman–Crippen LogP) is 2.51. The summed E-state index contributed by atoms with van der Waals surface area (Å²) in [5, 5.41) is 18.7. The molecule has 0 heterocycles. The number of hydrogen-bond donors (Lipinski definition) is 2. The first-order valence-corrected chi connectivity index (χ1v) is 6.93. The van der Waals surface area contributed by atoms with E-state index in [0.717, 1.165) is 6.42 Å². The average molecular weight is 316 g/mol. The normalized spacial score (nSPS) is 11.7. The molecule has 0 bridgehead atoms. The van der Waals surface area contributed by atoms with Gasteiger partial charge in [-0.15, -0.1) is 0 Å². The van der Waals surface area contributed by atoms with Crippen LogP contribution in [0, 0.1) is 0 Å². The molecule has 6 nitrogen and oxygen atoms in total. The van der Waals surface area contributed by atoms with E-state index in [2.05, 4.69) is 58.3 Å². The molecule has 23 heavy (non-hydrogen) atoms. The third-order valence-electron chi connectivity index (χ3n) is 3.11. The molecule has 0 saturated carbocycles. The van der Waals surface area contributed by atoms with Crippen molar-refractivity contribution in [1.82, 2.24) is 0 Å². The van der Waals surface area contributed by atoms with Crippen LogP contribution >= 0.6 is 0 Å². The zero-order chi connectivity index (χ0) is 16.7. The first-order chi connectivity index (χ1) is 11.1. The third kappa shape index (κ3) is 4.91. The molecule has 0 saturated heterocycles. The summed E-state index contributed by atoms with van der Waals surface area (Å²) in [6.45, 7) is -1.32. The summed E-state index contributed by atoms with van der Waals surface area (Å²) in [6.07, 6.45) is 5.53. The smallest absolute Gasteiger partial charge is 0.333 e. The second-order valence-corrected chi connectivity index (χ2v) is 4.78. The lowest BCUT2D eigenvalue weighted by Crippen LogP contribution is -2.12. The van der Waals surface area contributed by atoms with Gasteiger partial charge in [0, 0.05) is 0 Å². The van der Waals surface area contributed by atoms with Crippen LogP contribution in [0.5, 0.6) is 0 Å². The maximum absolute atomic E-state index is 9.69. The lowest BCUT2D eigenvalue weighted by Gasteiger charge is -2.11. The topological polar surface area (TPSA) is 93.1 Å². The monoisotopic (exact) mass is 316 g/mol. The number of aliphatic carboxylic acids is 2. The first-order valence-electron chi connectivity index (χ1n) is 6.93. The third-order valence-corrected chi connectivity index (χ3v) is 3.11. The van der Waals surface area contributed by atoms with Crippen molar-refractivity contribution in [2.45, 2.75) is 6.42 Å². The molecule has 2 N–H and O–H groups in total. The van der Waals surface area contributed by atoms with Gasteiger partial charge >= 0.3 is 11.9 Å². The van der Waals surface area contributed by atoms with E-state index in [4.69, 9.17) is 10.2 Å². The molecule has 0 aromatic heterocycles. The van der Waals surface area contributed by atoms with E-state index in [9.17, 15) is 9.59 Å². The zero-order valence-electron chi connectivity index (χ0n) is 12.3. The van der Waals surface area contributed by atoms with Gasteiger partial charge in [0.1, 0.15) is 0 Å². The van der Waals surface area contributed by atoms with E-state index >= 15 is 0 Å². The number of carboxylic acids is 2. The SMILES string of the molecule is C1=Cc2cccc3cccc(c23)C1.O=C(O)COOCC(=O)O. The fourth-order valence-electron chi connectivity index (χ4n) is 2.26. The van der Waals surface area contributed by atoms with Crippen LogP contribution in [-0.4, -0.2) is 35.4 Å². The summed E-state index contributed by atoms with van der Waals surface area (Å²) in [4.78, 5) is 27.2. The summed E-state index contributed by atoms with van der Waals surface area (Å²) in [6, 6.07) is 13.0. The predicted molar refractivity (Wildman–Crippen MR) is 83.9 cm³/mol.